The van der Waals surface area contributed by atoms with Crippen LogP contribution in [0.2, 0.25) is 0 Å². The topological polar surface area (TPSA) is 52.6 Å². The highest BCUT2D eigenvalue weighted by Crippen LogP contribution is 2.34. The van der Waals surface area contributed by atoms with Crippen molar-refractivity contribution < 1.29 is 17.9 Å². The summed E-state index contributed by atoms with van der Waals surface area (Å²) < 4.78 is 35.3. The summed E-state index contributed by atoms with van der Waals surface area (Å²) >= 11 is 0. The van der Waals surface area contributed by atoms with Gasteiger partial charge < -0.3 is 9.47 Å². The van der Waals surface area contributed by atoms with Crippen molar-refractivity contribution >= 4 is 9.84 Å². The molecule has 1 aliphatic heterocycles. The van der Waals surface area contributed by atoms with Crippen molar-refractivity contribution in [2.24, 2.45) is 0 Å². The molecule has 2 aromatic rings. The minimum Gasteiger partial charge on any atom is -0.450 e. The van der Waals surface area contributed by atoms with E-state index in [1.165, 1.54) is 0 Å². The first-order chi connectivity index (χ1) is 9.15. The molecule has 0 radical (unpaired) electrons. The van der Waals surface area contributed by atoms with Crippen molar-refractivity contribution in [3.8, 4) is 11.5 Å². The third-order valence-corrected chi connectivity index (χ3v) is 4.53. The van der Waals surface area contributed by atoms with Crippen LogP contribution in [0, 0.1) is 0 Å². The summed E-state index contributed by atoms with van der Waals surface area (Å²) in [5, 5.41) is 0. The van der Waals surface area contributed by atoms with Crippen LogP contribution < -0.4 is 9.47 Å². The van der Waals surface area contributed by atoms with Gasteiger partial charge in [0.15, 0.2) is 21.3 Å². The Kier molecular flexibility index (Phi) is 2.91. The van der Waals surface area contributed by atoms with E-state index in [-0.39, 0.29) is 10.6 Å². The summed E-state index contributed by atoms with van der Waals surface area (Å²) in [4.78, 5) is 0.276. The lowest BCUT2D eigenvalue weighted by Gasteiger charge is -2.10. The van der Waals surface area contributed by atoms with Crippen LogP contribution in [-0.4, -0.2) is 20.5 Å². The zero-order valence-electron chi connectivity index (χ0n) is 10.0. The largest absolute Gasteiger partial charge is 0.450 e. The van der Waals surface area contributed by atoms with Gasteiger partial charge >= 0.3 is 0 Å². The lowest BCUT2D eigenvalue weighted by molar-refractivity contribution is 0.0707. The van der Waals surface area contributed by atoms with Crippen molar-refractivity contribution in [2.45, 2.75) is 11.2 Å². The molecule has 0 saturated heterocycles. The van der Waals surface area contributed by atoms with E-state index in [2.05, 4.69) is 0 Å². The Balaban J connectivity index is 1.78. The van der Waals surface area contributed by atoms with Crippen LogP contribution in [0.1, 0.15) is 0 Å². The van der Waals surface area contributed by atoms with E-state index in [9.17, 15) is 8.42 Å². The van der Waals surface area contributed by atoms with Gasteiger partial charge in [-0.15, -0.1) is 0 Å². The third kappa shape index (κ3) is 2.42. The highest BCUT2D eigenvalue weighted by molar-refractivity contribution is 7.91. The van der Waals surface area contributed by atoms with E-state index >= 15 is 0 Å². The molecular formula is C14H12O4S. The molecular weight excluding hydrogens is 264 g/mol. The van der Waals surface area contributed by atoms with Crippen LogP contribution in [0.25, 0.3) is 0 Å². The normalized spacial score (nSPS) is 14.5. The van der Waals surface area contributed by atoms with Gasteiger partial charge in [0.05, 0.1) is 4.90 Å². The van der Waals surface area contributed by atoms with Gasteiger partial charge in [-0.2, -0.15) is 0 Å². The zero-order chi connectivity index (χ0) is 13.3. The molecule has 2 aromatic carbocycles. The van der Waals surface area contributed by atoms with Crippen LogP contribution in [-0.2, 0) is 9.84 Å². The van der Waals surface area contributed by atoms with Crippen molar-refractivity contribution in [2.75, 3.05) is 5.75 Å². The fourth-order valence-electron chi connectivity index (χ4n) is 1.92. The molecule has 1 aliphatic rings. The van der Waals surface area contributed by atoms with Crippen LogP contribution in [0.5, 0.6) is 11.5 Å². The van der Waals surface area contributed by atoms with Crippen LogP contribution >= 0.6 is 0 Å². The van der Waals surface area contributed by atoms with E-state index in [0.29, 0.717) is 11.5 Å². The quantitative estimate of drug-likeness (QED) is 0.863. The molecule has 19 heavy (non-hydrogen) atoms. The maximum atomic E-state index is 12.2. The SMILES string of the molecule is O=S(=O)(CC1Oc2ccccc2O1)c1ccccc1. The molecule has 4 nitrogen and oxygen atoms in total. The number of fused-ring (bicyclic) bond motifs is 1. The molecule has 0 unspecified atom stereocenters. The average molecular weight is 276 g/mol. The Hall–Kier alpha value is -2.01. The van der Waals surface area contributed by atoms with E-state index < -0.39 is 16.1 Å². The first kappa shape index (κ1) is 12.0. The Bertz CT molecular complexity index is 655. The summed E-state index contributed by atoms with van der Waals surface area (Å²) in [5.41, 5.74) is 0. The van der Waals surface area contributed by atoms with Crippen molar-refractivity contribution in [1.82, 2.24) is 0 Å². The van der Waals surface area contributed by atoms with Crippen LogP contribution in [0.4, 0.5) is 0 Å². The smallest absolute Gasteiger partial charge is 0.255 e. The van der Waals surface area contributed by atoms with Gasteiger partial charge in [0.25, 0.3) is 6.29 Å². The third-order valence-electron chi connectivity index (χ3n) is 2.82. The van der Waals surface area contributed by atoms with E-state index in [1.807, 2.05) is 12.1 Å². The molecule has 0 N–H and O–H groups in total. The number of sulfone groups is 1. The van der Waals surface area contributed by atoms with E-state index in [1.54, 1.807) is 42.5 Å². The summed E-state index contributed by atoms with van der Waals surface area (Å²) in [6, 6.07) is 15.4. The highest BCUT2D eigenvalue weighted by atomic mass is 32.2. The number of rotatable bonds is 3. The molecule has 0 fully saturated rings. The predicted octanol–water partition coefficient (Wildman–Crippen LogP) is 2.26. The van der Waals surface area contributed by atoms with E-state index in [0.717, 1.165) is 0 Å². The maximum absolute atomic E-state index is 12.2. The molecule has 98 valence electrons. The first-order valence-corrected chi connectivity index (χ1v) is 7.50. The minimum atomic E-state index is -3.41. The number of benzene rings is 2. The maximum Gasteiger partial charge on any atom is 0.255 e. The zero-order valence-corrected chi connectivity index (χ0v) is 10.8. The predicted molar refractivity (Wildman–Crippen MR) is 70.0 cm³/mol. The van der Waals surface area contributed by atoms with Gasteiger partial charge in [0.1, 0.15) is 5.75 Å². The molecule has 0 spiro atoms. The van der Waals surface area contributed by atoms with Crippen molar-refractivity contribution in [3.63, 3.8) is 0 Å². The lowest BCUT2D eigenvalue weighted by atomic mass is 10.3. The second-order valence-electron chi connectivity index (χ2n) is 4.21. The van der Waals surface area contributed by atoms with Gasteiger partial charge in [0, 0.05) is 0 Å². The number of para-hydroxylation sites is 2. The Morgan fingerprint density at radius 1 is 0.842 bits per heavy atom. The summed E-state index contributed by atoms with van der Waals surface area (Å²) in [7, 11) is -3.41. The lowest BCUT2D eigenvalue weighted by Crippen LogP contribution is -2.28. The number of hydrogen-bond donors (Lipinski definition) is 0. The van der Waals surface area contributed by atoms with Gasteiger partial charge in [-0.1, -0.05) is 30.3 Å². The molecule has 0 aliphatic carbocycles. The monoisotopic (exact) mass is 276 g/mol. The number of ether oxygens (including phenoxy) is 2. The van der Waals surface area contributed by atoms with Gasteiger partial charge in [-0.3, -0.25) is 0 Å². The molecule has 0 bridgehead atoms. The van der Waals surface area contributed by atoms with Gasteiger partial charge in [-0.05, 0) is 24.3 Å². The molecule has 3 rings (SSSR count). The molecule has 0 saturated carbocycles. The van der Waals surface area contributed by atoms with Crippen LogP contribution in [0.3, 0.4) is 0 Å². The van der Waals surface area contributed by atoms with E-state index in [4.69, 9.17) is 9.47 Å². The second kappa shape index (κ2) is 4.59. The Morgan fingerprint density at radius 2 is 1.37 bits per heavy atom. The minimum absolute atomic E-state index is 0.203. The first-order valence-electron chi connectivity index (χ1n) is 5.85. The summed E-state index contributed by atoms with van der Waals surface area (Å²) in [6.45, 7) is 0. The highest BCUT2D eigenvalue weighted by Gasteiger charge is 2.29. The molecule has 5 heteroatoms. The van der Waals surface area contributed by atoms with Crippen molar-refractivity contribution in [3.05, 3.63) is 54.6 Å². The summed E-state index contributed by atoms with van der Waals surface area (Å²) in [6.07, 6.45) is -0.789. The Labute approximate surface area is 111 Å². The molecule has 0 atom stereocenters. The van der Waals surface area contributed by atoms with Crippen molar-refractivity contribution in [1.29, 1.82) is 0 Å². The standard InChI is InChI=1S/C14H12O4S/c15-19(16,11-6-2-1-3-7-11)10-14-17-12-8-4-5-9-13(12)18-14/h1-9,14H,10H2. The number of hydrogen-bond acceptors (Lipinski definition) is 4. The van der Waals surface area contributed by atoms with Gasteiger partial charge in [-0.25, -0.2) is 8.42 Å². The second-order valence-corrected chi connectivity index (χ2v) is 6.24. The van der Waals surface area contributed by atoms with Crippen LogP contribution in [0.15, 0.2) is 59.5 Å². The average Bonchev–Trinajstić information content (AvgIpc) is 2.81. The summed E-state index contributed by atoms with van der Waals surface area (Å²) in [5.74, 6) is 0.956. The molecule has 0 aromatic heterocycles. The molecule has 1 heterocycles. The Morgan fingerprint density at radius 3 is 1.95 bits per heavy atom. The van der Waals surface area contributed by atoms with Gasteiger partial charge in [0.2, 0.25) is 0 Å². The fourth-order valence-corrected chi connectivity index (χ4v) is 3.18. The molecule has 0 amide bonds. The fraction of sp³-hybridized carbons (Fsp3) is 0.143.